The van der Waals surface area contributed by atoms with Gasteiger partial charge in [-0.15, -0.1) is 0 Å². The number of benzene rings is 2. The number of aryl methyl sites for hydroxylation is 1. The number of hydrogen-bond donors (Lipinski definition) is 1. The largest absolute Gasteiger partial charge is 1.00 e. The Hall–Kier alpha value is -2.05. The predicted octanol–water partition coefficient (Wildman–Crippen LogP) is 1.69. The van der Waals surface area contributed by atoms with Crippen LogP contribution in [0.25, 0.3) is 11.3 Å². The molecule has 2 aromatic carbocycles. The van der Waals surface area contributed by atoms with Gasteiger partial charge in [-0.3, -0.25) is 0 Å². The fourth-order valence-corrected chi connectivity index (χ4v) is 3.34. The molecule has 1 N–H and O–H groups in total. The number of aromatic nitrogens is 1. The minimum absolute atomic E-state index is 0. The third-order valence-corrected chi connectivity index (χ3v) is 4.84. The van der Waals surface area contributed by atoms with E-state index in [9.17, 15) is 9.90 Å². The second-order valence-corrected chi connectivity index (χ2v) is 6.86. The molecule has 1 aromatic heterocycles. The molecule has 0 saturated carbocycles. The molecular weight excluding hydrogens is 389 g/mol. The van der Waals surface area contributed by atoms with Crippen LogP contribution in [0.4, 0.5) is 0 Å². The van der Waals surface area contributed by atoms with Crippen LogP contribution in [-0.4, -0.2) is 35.0 Å². The van der Waals surface area contributed by atoms with E-state index in [1.165, 1.54) is 17.0 Å². The Kier molecular flexibility index (Phi) is 9.66. The van der Waals surface area contributed by atoms with Crippen molar-refractivity contribution in [2.75, 3.05) is 13.2 Å². The molecule has 0 aliphatic heterocycles. The van der Waals surface area contributed by atoms with Gasteiger partial charge in [0.2, 0.25) is 0 Å². The first kappa shape index (κ1) is 24.2. The zero-order valence-electron chi connectivity index (χ0n) is 18.9. The normalized spacial score (nSPS) is 11.5. The summed E-state index contributed by atoms with van der Waals surface area (Å²) in [6, 6.07) is 22.1. The molecule has 1 unspecified atom stereocenters. The maximum Gasteiger partial charge on any atom is 1.00 e. The fraction of sp³-hybridized carbons (Fsp3) is 0.292. The number of ether oxygens (including phenoxy) is 2. The van der Waals surface area contributed by atoms with Crippen molar-refractivity contribution in [3.8, 4) is 17.0 Å². The van der Waals surface area contributed by atoms with Crippen LogP contribution < -0.4 is 34.3 Å². The van der Waals surface area contributed by atoms with E-state index in [0.29, 0.717) is 19.6 Å². The fourth-order valence-electron chi connectivity index (χ4n) is 3.34. The number of rotatable bonds is 10. The molecule has 154 valence electrons. The van der Waals surface area contributed by atoms with Crippen LogP contribution in [0.5, 0.6) is 5.75 Å². The smallest absolute Gasteiger partial charge is 1.00 e. The van der Waals surface area contributed by atoms with E-state index >= 15 is 0 Å². The first-order valence-corrected chi connectivity index (χ1v) is 9.86. The van der Waals surface area contributed by atoms with Crippen molar-refractivity contribution >= 4 is 5.97 Å². The summed E-state index contributed by atoms with van der Waals surface area (Å²) in [5.74, 6) is -0.174. The Morgan fingerprint density at radius 2 is 1.77 bits per heavy atom. The maximum atomic E-state index is 11.2. The van der Waals surface area contributed by atoms with Crippen LogP contribution in [0, 0.1) is 6.92 Å². The Balaban J connectivity index is 0.00000240. The van der Waals surface area contributed by atoms with Gasteiger partial charge in [-0.25, -0.2) is 4.79 Å². The summed E-state index contributed by atoms with van der Waals surface area (Å²) in [5.41, 5.74) is 4.47. The molecule has 30 heavy (non-hydrogen) atoms. The zero-order chi connectivity index (χ0) is 20.6. The molecule has 0 bridgehead atoms. The van der Waals surface area contributed by atoms with Crippen molar-refractivity contribution in [3.63, 3.8) is 0 Å². The van der Waals surface area contributed by atoms with Crippen LogP contribution in [0.15, 0.2) is 66.7 Å². The molecule has 0 fully saturated rings. The van der Waals surface area contributed by atoms with Crippen molar-refractivity contribution in [2.24, 2.45) is 0 Å². The minimum atomic E-state index is -0.941. The van der Waals surface area contributed by atoms with Crippen LogP contribution in [-0.2, 0) is 22.5 Å². The summed E-state index contributed by atoms with van der Waals surface area (Å²) < 4.78 is 13.4. The number of carboxylic acid groups (broad SMARTS) is 1. The molecule has 1 atom stereocenters. The van der Waals surface area contributed by atoms with Gasteiger partial charge >= 0.3 is 35.5 Å². The summed E-state index contributed by atoms with van der Waals surface area (Å²) in [5, 5.41) is 9.20. The molecule has 0 amide bonds. The summed E-state index contributed by atoms with van der Waals surface area (Å²) >= 11 is 0. The molecule has 0 aliphatic carbocycles. The molecule has 5 nitrogen and oxygen atoms in total. The minimum Gasteiger partial charge on any atom is -1.00 e. The molecular formula is C24H28NNaO4. The van der Waals surface area contributed by atoms with Crippen LogP contribution in [0.1, 0.15) is 19.6 Å². The van der Waals surface area contributed by atoms with Crippen LogP contribution in [0.3, 0.4) is 0 Å². The van der Waals surface area contributed by atoms with Crippen molar-refractivity contribution < 1.29 is 50.4 Å². The number of carbonyl (C=O) groups is 1. The molecule has 0 spiro atoms. The second kappa shape index (κ2) is 12.0. The van der Waals surface area contributed by atoms with Crippen LogP contribution >= 0.6 is 0 Å². The number of hydrogen-bond acceptors (Lipinski definition) is 3. The monoisotopic (exact) mass is 417 g/mol. The van der Waals surface area contributed by atoms with Gasteiger partial charge in [-0.05, 0) is 49.2 Å². The third kappa shape index (κ3) is 6.47. The van der Waals surface area contributed by atoms with Gasteiger partial charge in [0.05, 0.1) is 6.54 Å². The van der Waals surface area contributed by atoms with E-state index in [-0.39, 0.29) is 31.0 Å². The molecule has 3 aromatic rings. The summed E-state index contributed by atoms with van der Waals surface area (Å²) in [7, 11) is 0. The van der Waals surface area contributed by atoms with E-state index in [4.69, 9.17) is 9.47 Å². The molecule has 0 aliphatic rings. The van der Waals surface area contributed by atoms with Crippen LogP contribution in [0.2, 0.25) is 0 Å². The SMILES string of the molecule is CCOC(Cc1ccc(OCCn2c(C)ccc2-c2ccccc2)cc1)C(=O)O.[H-].[Na+]. The topological polar surface area (TPSA) is 60.7 Å². The summed E-state index contributed by atoms with van der Waals surface area (Å²) in [6.07, 6.45) is -0.480. The van der Waals surface area contributed by atoms with E-state index in [1.807, 2.05) is 42.5 Å². The van der Waals surface area contributed by atoms with Gasteiger partial charge in [0, 0.05) is 24.4 Å². The Labute approximate surface area is 201 Å². The predicted molar refractivity (Wildman–Crippen MR) is 114 cm³/mol. The average molecular weight is 417 g/mol. The molecule has 1 heterocycles. The summed E-state index contributed by atoms with van der Waals surface area (Å²) in [4.78, 5) is 11.2. The Morgan fingerprint density at radius 3 is 2.40 bits per heavy atom. The first-order chi connectivity index (χ1) is 14.1. The third-order valence-electron chi connectivity index (χ3n) is 4.84. The standard InChI is InChI=1S/C24H27NO4.Na.H/c1-3-28-23(24(26)27)17-19-10-12-21(13-11-19)29-16-15-25-18(2)9-14-22(25)20-7-5-4-6-8-20;;/h4-14,23H,3,15-17H2,1-2H3,(H,26,27);;/q;+1;-1. The van der Waals surface area contributed by atoms with E-state index in [0.717, 1.165) is 17.9 Å². The van der Waals surface area contributed by atoms with Gasteiger partial charge in [0.25, 0.3) is 0 Å². The van der Waals surface area contributed by atoms with E-state index in [2.05, 4.69) is 35.8 Å². The maximum absolute atomic E-state index is 11.2. The number of nitrogens with zero attached hydrogens (tertiary/aromatic N) is 1. The Bertz CT molecular complexity index is 929. The molecule has 3 rings (SSSR count). The first-order valence-electron chi connectivity index (χ1n) is 9.86. The molecule has 0 radical (unpaired) electrons. The average Bonchev–Trinajstić information content (AvgIpc) is 3.10. The quantitative estimate of drug-likeness (QED) is 0.510. The molecule has 0 saturated heterocycles. The van der Waals surface area contributed by atoms with E-state index < -0.39 is 12.1 Å². The van der Waals surface area contributed by atoms with Gasteiger partial charge in [0.1, 0.15) is 12.4 Å². The van der Waals surface area contributed by atoms with Gasteiger partial charge < -0.3 is 20.6 Å². The van der Waals surface area contributed by atoms with Crippen molar-refractivity contribution in [2.45, 2.75) is 32.9 Å². The second-order valence-electron chi connectivity index (χ2n) is 6.86. The van der Waals surface area contributed by atoms with Crippen molar-refractivity contribution in [1.82, 2.24) is 4.57 Å². The van der Waals surface area contributed by atoms with Crippen molar-refractivity contribution in [3.05, 3.63) is 78.0 Å². The van der Waals surface area contributed by atoms with Crippen molar-refractivity contribution in [1.29, 1.82) is 0 Å². The van der Waals surface area contributed by atoms with E-state index in [1.54, 1.807) is 6.92 Å². The zero-order valence-corrected chi connectivity index (χ0v) is 19.9. The Morgan fingerprint density at radius 1 is 1.07 bits per heavy atom. The molecule has 6 heteroatoms. The summed E-state index contributed by atoms with van der Waals surface area (Å²) in [6.45, 7) is 5.56. The van der Waals surface area contributed by atoms with Gasteiger partial charge in [-0.2, -0.15) is 0 Å². The number of aliphatic carboxylic acids is 1. The van der Waals surface area contributed by atoms with Gasteiger partial charge in [0.15, 0.2) is 6.10 Å². The van der Waals surface area contributed by atoms with Gasteiger partial charge in [-0.1, -0.05) is 42.5 Å². The number of carboxylic acids is 1.